The van der Waals surface area contributed by atoms with Gasteiger partial charge in [0, 0.05) is 10.5 Å². The summed E-state index contributed by atoms with van der Waals surface area (Å²) < 4.78 is 32.3. The van der Waals surface area contributed by atoms with E-state index in [0.717, 1.165) is 5.56 Å². The van der Waals surface area contributed by atoms with Crippen LogP contribution in [0.4, 0.5) is 0 Å². The Hall–Kier alpha value is -1.22. The lowest BCUT2D eigenvalue weighted by Gasteiger charge is -2.11. The van der Waals surface area contributed by atoms with Crippen molar-refractivity contribution >= 4 is 26.0 Å². The molecule has 0 unspecified atom stereocenters. The number of nitrogens with one attached hydrogen (secondary N) is 1. The normalized spacial score (nSPS) is 11.8. The summed E-state index contributed by atoms with van der Waals surface area (Å²) in [5, 5.41) is 12.7. The number of halogens is 1. The molecule has 2 rings (SSSR count). The minimum absolute atomic E-state index is 0.0111. The van der Waals surface area contributed by atoms with Gasteiger partial charge in [0.2, 0.25) is 10.0 Å². The van der Waals surface area contributed by atoms with E-state index in [1.54, 1.807) is 19.1 Å². The Labute approximate surface area is 125 Å². The molecular weight excluding hydrogens is 348 g/mol. The highest BCUT2D eigenvalue weighted by molar-refractivity contribution is 9.10. The van der Waals surface area contributed by atoms with Crippen LogP contribution in [0.2, 0.25) is 0 Å². The second-order valence-electron chi connectivity index (χ2n) is 4.19. The molecule has 0 bridgehead atoms. The van der Waals surface area contributed by atoms with Crippen LogP contribution in [0, 0.1) is 6.92 Å². The number of hydrogen-bond acceptors (Lipinski definition) is 5. The molecule has 8 heteroatoms. The molecule has 20 heavy (non-hydrogen) atoms. The average molecular weight is 361 g/mol. The molecule has 0 saturated heterocycles. The third-order valence-corrected chi connectivity index (χ3v) is 5.42. The number of aryl methyl sites for hydroxylation is 1. The van der Waals surface area contributed by atoms with Gasteiger partial charge < -0.3 is 9.63 Å². The Balaban J connectivity index is 2.31. The third kappa shape index (κ3) is 3.26. The largest absolute Gasteiger partial charge is 0.392 e. The summed E-state index contributed by atoms with van der Waals surface area (Å²) in [5.41, 5.74) is 1.27. The van der Waals surface area contributed by atoms with Gasteiger partial charge in [-0.2, -0.15) is 0 Å². The molecule has 0 amide bonds. The summed E-state index contributed by atoms with van der Waals surface area (Å²) in [6, 6.07) is 4.73. The van der Waals surface area contributed by atoms with Gasteiger partial charge in [0.05, 0.1) is 24.2 Å². The van der Waals surface area contributed by atoms with Gasteiger partial charge in [-0.15, -0.1) is 0 Å². The van der Waals surface area contributed by atoms with Gasteiger partial charge in [-0.3, -0.25) is 0 Å². The SMILES string of the molecule is Cc1cc(CO)cc(S(=O)(=O)NCc2ccno2)c1Br. The van der Waals surface area contributed by atoms with E-state index in [4.69, 9.17) is 9.63 Å². The monoisotopic (exact) mass is 360 g/mol. The summed E-state index contributed by atoms with van der Waals surface area (Å²) in [4.78, 5) is 0.0843. The van der Waals surface area contributed by atoms with Crippen LogP contribution < -0.4 is 4.72 Å². The minimum atomic E-state index is -3.72. The molecule has 2 N–H and O–H groups in total. The topological polar surface area (TPSA) is 92.4 Å². The zero-order chi connectivity index (χ0) is 14.8. The molecule has 0 fully saturated rings. The third-order valence-electron chi connectivity index (χ3n) is 2.68. The van der Waals surface area contributed by atoms with Crippen molar-refractivity contribution in [3.8, 4) is 0 Å². The van der Waals surface area contributed by atoms with Crippen LogP contribution in [0.1, 0.15) is 16.9 Å². The van der Waals surface area contributed by atoms with E-state index in [0.29, 0.717) is 15.8 Å². The first kappa shape index (κ1) is 15.2. The number of benzene rings is 1. The van der Waals surface area contributed by atoms with Crippen molar-refractivity contribution in [1.29, 1.82) is 0 Å². The number of aromatic nitrogens is 1. The predicted octanol–water partition coefficient (Wildman–Crippen LogP) is 1.72. The van der Waals surface area contributed by atoms with Gasteiger partial charge >= 0.3 is 0 Å². The van der Waals surface area contributed by atoms with E-state index in [-0.39, 0.29) is 18.0 Å². The van der Waals surface area contributed by atoms with Crippen molar-refractivity contribution in [3.05, 3.63) is 45.8 Å². The van der Waals surface area contributed by atoms with Crippen LogP contribution in [0.15, 0.2) is 38.3 Å². The van der Waals surface area contributed by atoms with Gasteiger partial charge in [-0.25, -0.2) is 13.1 Å². The highest BCUT2D eigenvalue weighted by Gasteiger charge is 2.20. The number of sulfonamides is 1. The van der Waals surface area contributed by atoms with Crippen LogP contribution >= 0.6 is 15.9 Å². The fraction of sp³-hybridized carbons (Fsp3) is 0.250. The Kier molecular flexibility index (Phi) is 4.59. The molecule has 0 aliphatic heterocycles. The molecule has 2 aromatic rings. The molecule has 0 aliphatic rings. The summed E-state index contributed by atoms with van der Waals surface area (Å²) in [7, 11) is -3.72. The van der Waals surface area contributed by atoms with E-state index in [1.807, 2.05) is 0 Å². The number of nitrogens with zero attached hydrogens (tertiary/aromatic N) is 1. The molecule has 1 heterocycles. The van der Waals surface area contributed by atoms with E-state index >= 15 is 0 Å². The first-order valence-corrected chi connectivity index (χ1v) is 8.01. The quantitative estimate of drug-likeness (QED) is 0.846. The maximum Gasteiger partial charge on any atom is 0.242 e. The Morgan fingerprint density at radius 1 is 1.45 bits per heavy atom. The molecule has 6 nitrogen and oxygen atoms in total. The Bertz CT molecular complexity index is 698. The van der Waals surface area contributed by atoms with E-state index < -0.39 is 10.0 Å². The molecule has 0 atom stereocenters. The number of rotatable bonds is 5. The lowest BCUT2D eigenvalue weighted by atomic mass is 10.1. The van der Waals surface area contributed by atoms with Gasteiger partial charge in [0.25, 0.3) is 0 Å². The summed E-state index contributed by atoms with van der Waals surface area (Å²) >= 11 is 3.26. The second kappa shape index (κ2) is 6.04. The van der Waals surface area contributed by atoms with Crippen molar-refractivity contribution in [3.63, 3.8) is 0 Å². The van der Waals surface area contributed by atoms with Crippen LogP contribution in [-0.4, -0.2) is 18.7 Å². The summed E-state index contributed by atoms with van der Waals surface area (Å²) in [6.07, 6.45) is 1.44. The number of hydrogen-bond donors (Lipinski definition) is 2. The molecular formula is C12H13BrN2O4S. The summed E-state index contributed by atoms with van der Waals surface area (Å²) in [6.45, 7) is 1.55. The van der Waals surface area contributed by atoms with E-state index in [1.165, 1.54) is 12.3 Å². The van der Waals surface area contributed by atoms with Crippen LogP contribution in [0.3, 0.4) is 0 Å². The zero-order valence-electron chi connectivity index (χ0n) is 10.6. The maximum atomic E-state index is 12.3. The van der Waals surface area contributed by atoms with Gasteiger partial charge in [0.1, 0.15) is 0 Å². The molecule has 1 aromatic heterocycles. The molecule has 1 aromatic carbocycles. The summed E-state index contributed by atoms with van der Waals surface area (Å²) in [5.74, 6) is 0.416. The Morgan fingerprint density at radius 2 is 2.20 bits per heavy atom. The van der Waals surface area contributed by atoms with Crippen LogP contribution in [-0.2, 0) is 23.2 Å². The van der Waals surface area contributed by atoms with Crippen LogP contribution in [0.5, 0.6) is 0 Å². The van der Waals surface area contributed by atoms with Gasteiger partial charge in [0.15, 0.2) is 5.76 Å². The molecule has 0 saturated carbocycles. The average Bonchev–Trinajstić information content (AvgIpc) is 2.92. The zero-order valence-corrected chi connectivity index (χ0v) is 13.0. The van der Waals surface area contributed by atoms with Crippen molar-refractivity contribution in [1.82, 2.24) is 9.88 Å². The lowest BCUT2D eigenvalue weighted by Crippen LogP contribution is -2.23. The maximum absolute atomic E-state index is 12.3. The predicted molar refractivity (Wildman–Crippen MR) is 75.3 cm³/mol. The van der Waals surface area contributed by atoms with Crippen molar-refractivity contribution in [2.24, 2.45) is 0 Å². The van der Waals surface area contributed by atoms with Crippen LogP contribution in [0.25, 0.3) is 0 Å². The standard InChI is InChI=1S/C12H13BrN2O4S/c1-8-4-9(7-16)5-11(12(8)13)20(17,18)15-6-10-2-3-14-19-10/h2-5,15-16H,6-7H2,1H3. The number of aliphatic hydroxyl groups is 1. The highest BCUT2D eigenvalue weighted by atomic mass is 79.9. The lowest BCUT2D eigenvalue weighted by molar-refractivity contribution is 0.281. The first-order valence-electron chi connectivity index (χ1n) is 5.73. The molecule has 0 aliphatic carbocycles. The fourth-order valence-corrected chi connectivity index (χ4v) is 3.73. The second-order valence-corrected chi connectivity index (χ2v) is 6.71. The van der Waals surface area contributed by atoms with Gasteiger partial charge in [-0.05, 0) is 40.0 Å². The van der Waals surface area contributed by atoms with Crippen molar-refractivity contribution < 1.29 is 18.0 Å². The Morgan fingerprint density at radius 3 is 2.80 bits per heavy atom. The van der Waals surface area contributed by atoms with Crippen molar-refractivity contribution in [2.75, 3.05) is 0 Å². The smallest absolute Gasteiger partial charge is 0.242 e. The molecule has 0 spiro atoms. The number of aliphatic hydroxyl groups excluding tert-OH is 1. The fourth-order valence-electron chi connectivity index (χ4n) is 1.67. The van der Waals surface area contributed by atoms with Gasteiger partial charge in [-0.1, -0.05) is 11.2 Å². The minimum Gasteiger partial charge on any atom is -0.392 e. The highest BCUT2D eigenvalue weighted by Crippen LogP contribution is 2.27. The van der Waals surface area contributed by atoms with E-state index in [9.17, 15) is 8.42 Å². The van der Waals surface area contributed by atoms with Crippen molar-refractivity contribution in [2.45, 2.75) is 25.0 Å². The molecule has 0 radical (unpaired) electrons. The van der Waals surface area contributed by atoms with E-state index in [2.05, 4.69) is 25.8 Å². The molecule has 108 valence electrons. The first-order chi connectivity index (χ1) is 9.44.